The van der Waals surface area contributed by atoms with E-state index in [0.717, 1.165) is 23.6 Å². The first-order chi connectivity index (χ1) is 12.0. The maximum absolute atomic E-state index is 11.8. The molecule has 0 fully saturated rings. The number of ether oxygens (including phenoxy) is 2. The van der Waals surface area contributed by atoms with Gasteiger partial charge in [0.1, 0.15) is 5.75 Å². The van der Waals surface area contributed by atoms with Crippen molar-refractivity contribution in [2.24, 2.45) is 0 Å². The van der Waals surface area contributed by atoms with Gasteiger partial charge in [-0.1, -0.05) is 49.7 Å². The third-order valence-electron chi connectivity index (χ3n) is 3.89. The Hall–Kier alpha value is -2.27. The van der Waals surface area contributed by atoms with Crippen molar-refractivity contribution in [3.63, 3.8) is 0 Å². The van der Waals surface area contributed by atoms with E-state index >= 15 is 0 Å². The molecule has 2 aromatic carbocycles. The molecule has 0 saturated heterocycles. The van der Waals surface area contributed by atoms with Crippen LogP contribution in [0.4, 0.5) is 0 Å². The molecule has 0 bridgehead atoms. The number of amides is 1. The van der Waals surface area contributed by atoms with Gasteiger partial charge in [-0.15, -0.1) is 0 Å². The monoisotopic (exact) mass is 363 g/mol. The van der Waals surface area contributed by atoms with Gasteiger partial charge < -0.3 is 14.8 Å². The molecule has 1 amide bonds. The van der Waals surface area contributed by atoms with E-state index in [1.807, 2.05) is 38.1 Å². The highest BCUT2D eigenvalue weighted by molar-refractivity contribution is 6.35. The largest absolute Gasteiger partial charge is 0.481 e. The van der Waals surface area contributed by atoms with Crippen molar-refractivity contribution in [2.45, 2.75) is 32.7 Å². The lowest BCUT2D eigenvalue weighted by atomic mass is 10.1. The number of halogens is 1. The second-order valence-corrected chi connectivity index (χ2v) is 6.03. The van der Waals surface area contributed by atoms with Crippen LogP contribution in [-0.2, 0) is 14.3 Å². The minimum Gasteiger partial charge on any atom is -0.481 e. The molecule has 5 nitrogen and oxygen atoms in total. The van der Waals surface area contributed by atoms with Crippen LogP contribution in [0.3, 0.4) is 0 Å². The molecule has 0 atom stereocenters. The van der Waals surface area contributed by atoms with E-state index in [4.69, 9.17) is 21.1 Å². The van der Waals surface area contributed by atoms with Gasteiger partial charge in [-0.3, -0.25) is 4.79 Å². The molecule has 0 radical (unpaired) electrons. The number of carbonyl (C=O) groups is 2. The Morgan fingerprint density at radius 3 is 2.40 bits per heavy atom. The van der Waals surface area contributed by atoms with Crippen molar-refractivity contribution in [3.8, 4) is 5.75 Å². The molecule has 0 spiro atoms. The molecule has 6 heteroatoms. The molecule has 0 aliphatic rings. The van der Waals surface area contributed by atoms with Gasteiger partial charge in [-0.05, 0) is 25.0 Å². The van der Waals surface area contributed by atoms with E-state index in [0.29, 0.717) is 10.8 Å². The highest BCUT2D eigenvalue weighted by Crippen LogP contribution is 2.31. The molecule has 134 valence electrons. The van der Waals surface area contributed by atoms with Gasteiger partial charge in [0, 0.05) is 21.8 Å². The lowest BCUT2D eigenvalue weighted by Crippen LogP contribution is -2.37. The molecule has 0 aromatic heterocycles. The van der Waals surface area contributed by atoms with Crippen LogP contribution in [0.2, 0.25) is 5.02 Å². The number of hydrogen-bond donors (Lipinski definition) is 1. The fourth-order valence-corrected chi connectivity index (χ4v) is 2.67. The maximum atomic E-state index is 11.8. The van der Waals surface area contributed by atoms with Crippen LogP contribution in [0.5, 0.6) is 5.75 Å². The van der Waals surface area contributed by atoms with Crippen molar-refractivity contribution in [1.82, 2.24) is 5.32 Å². The third kappa shape index (κ3) is 5.36. The molecular formula is C19H22ClNO4. The Labute approximate surface area is 152 Å². The van der Waals surface area contributed by atoms with Crippen molar-refractivity contribution in [1.29, 1.82) is 0 Å². The first kappa shape index (κ1) is 19.1. The summed E-state index contributed by atoms with van der Waals surface area (Å²) in [6.07, 6.45) is 1.67. The maximum Gasteiger partial charge on any atom is 0.344 e. The summed E-state index contributed by atoms with van der Waals surface area (Å²) in [7, 11) is 0. The minimum absolute atomic E-state index is 0.0999. The fourth-order valence-electron chi connectivity index (χ4n) is 2.45. The van der Waals surface area contributed by atoms with E-state index in [9.17, 15) is 9.59 Å². The smallest absolute Gasteiger partial charge is 0.344 e. The van der Waals surface area contributed by atoms with Crippen LogP contribution in [-0.4, -0.2) is 31.1 Å². The van der Waals surface area contributed by atoms with E-state index in [2.05, 4.69) is 5.32 Å². The Morgan fingerprint density at radius 2 is 1.72 bits per heavy atom. The second-order valence-electron chi connectivity index (χ2n) is 5.62. The van der Waals surface area contributed by atoms with Crippen molar-refractivity contribution in [3.05, 3.63) is 41.4 Å². The van der Waals surface area contributed by atoms with Crippen LogP contribution in [0, 0.1) is 0 Å². The van der Waals surface area contributed by atoms with Crippen LogP contribution >= 0.6 is 11.6 Å². The quantitative estimate of drug-likeness (QED) is 0.726. The first-order valence-electron chi connectivity index (χ1n) is 8.30. The van der Waals surface area contributed by atoms with Gasteiger partial charge in [-0.25, -0.2) is 4.79 Å². The van der Waals surface area contributed by atoms with Gasteiger partial charge in [-0.2, -0.15) is 0 Å². The van der Waals surface area contributed by atoms with E-state index in [1.165, 1.54) is 0 Å². The number of rotatable bonds is 8. The average Bonchev–Trinajstić information content (AvgIpc) is 2.64. The molecular weight excluding hydrogens is 342 g/mol. The summed E-state index contributed by atoms with van der Waals surface area (Å²) in [5, 5.41) is 5.08. The second kappa shape index (κ2) is 9.28. The lowest BCUT2D eigenvalue weighted by molar-refractivity contribution is -0.150. The Morgan fingerprint density at radius 1 is 1.04 bits per heavy atom. The SMILES string of the molecule is CCC(CC)NC(=O)COC(=O)COc1ccc(Cl)c2ccccc12. The summed E-state index contributed by atoms with van der Waals surface area (Å²) in [5.74, 6) is -0.365. The predicted octanol–water partition coefficient (Wildman–Crippen LogP) is 3.72. The topological polar surface area (TPSA) is 64.6 Å². The summed E-state index contributed by atoms with van der Waals surface area (Å²) in [5.41, 5.74) is 0. The summed E-state index contributed by atoms with van der Waals surface area (Å²) >= 11 is 6.15. The molecule has 0 aliphatic heterocycles. The molecule has 1 N–H and O–H groups in total. The normalized spacial score (nSPS) is 10.7. The summed E-state index contributed by atoms with van der Waals surface area (Å²) in [4.78, 5) is 23.5. The van der Waals surface area contributed by atoms with Crippen LogP contribution in [0.15, 0.2) is 36.4 Å². The summed E-state index contributed by atoms with van der Waals surface area (Å²) in [6, 6.07) is 11.0. The molecule has 0 saturated carbocycles. The van der Waals surface area contributed by atoms with Gasteiger partial charge in [0.2, 0.25) is 0 Å². The highest BCUT2D eigenvalue weighted by Gasteiger charge is 2.12. The Bertz CT molecular complexity index is 743. The summed E-state index contributed by atoms with van der Waals surface area (Å²) in [6.45, 7) is 3.40. The van der Waals surface area contributed by atoms with E-state index in [1.54, 1.807) is 12.1 Å². The molecule has 2 aromatic rings. The van der Waals surface area contributed by atoms with Crippen molar-refractivity contribution < 1.29 is 19.1 Å². The number of benzene rings is 2. The van der Waals surface area contributed by atoms with Gasteiger partial charge in [0.25, 0.3) is 5.91 Å². The highest BCUT2D eigenvalue weighted by atomic mass is 35.5. The van der Waals surface area contributed by atoms with Gasteiger partial charge in [0.05, 0.1) is 0 Å². The first-order valence-corrected chi connectivity index (χ1v) is 8.68. The standard InChI is InChI=1S/C19H22ClNO4/c1-3-13(4-2)21-18(22)11-25-19(23)12-24-17-10-9-16(20)14-7-5-6-8-15(14)17/h5-10,13H,3-4,11-12H2,1-2H3,(H,21,22). The van der Waals surface area contributed by atoms with Gasteiger partial charge in [0.15, 0.2) is 13.2 Å². The average molecular weight is 364 g/mol. The molecule has 0 unspecified atom stereocenters. The Balaban J connectivity index is 1.87. The molecule has 0 heterocycles. The van der Waals surface area contributed by atoms with E-state index in [-0.39, 0.29) is 25.2 Å². The lowest BCUT2D eigenvalue weighted by Gasteiger charge is -2.14. The zero-order chi connectivity index (χ0) is 18.2. The predicted molar refractivity (Wildman–Crippen MR) is 97.9 cm³/mol. The third-order valence-corrected chi connectivity index (χ3v) is 4.22. The van der Waals surface area contributed by atoms with Crippen LogP contribution in [0.25, 0.3) is 10.8 Å². The zero-order valence-corrected chi connectivity index (χ0v) is 15.1. The van der Waals surface area contributed by atoms with Gasteiger partial charge >= 0.3 is 5.97 Å². The molecule has 0 aliphatic carbocycles. The fraction of sp³-hybridized carbons (Fsp3) is 0.368. The minimum atomic E-state index is -0.598. The van der Waals surface area contributed by atoms with Crippen molar-refractivity contribution in [2.75, 3.05) is 13.2 Å². The van der Waals surface area contributed by atoms with Crippen LogP contribution in [0.1, 0.15) is 26.7 Å². The number of esters is 1. The number of nitrogens with one attached hydrogen (secondary N) is 1. The zero-order valence-electron chi connectivity index (χ0n) is 14.4. The number of fused-ring (bicyclic) bond motifs is 1. The van der Waals surface area contributed by atoms with Crippen LogP contribution < -0.4 is 10.1 Å². The molecule has 25 heavy (non-hydrogen) atoms. The Kier molecular flexibility index (Phi) is 7.07. The number of hydrogen-bond acceptors (Lipinski definition) is 4. The summed E-state index contributed by atoms with van der Waals surface area (Å²) < 4.78 is 10.5. The number of carbonyl (C=O) groups excluding carboxylic acids is 2. The van der Waals surface area contributed by atoms with E-state index < -0.39 is 5.97 Å². The molecule has 2 rings (SSSR count). The van der Waals surface area contributed by atoms with Crippen molar-refractivity contribution >= 4 is 34.2 Å².